The summed E-state index contributed by atoms with van der Waals surface area (Å²) in [6.07, 6.45) is -0.889. The first-order valence-corrected chi connectivity index (χ1v) is 11.3. The molecule has 1 saturated heterocycles. The lowest BCUT2D eigenvalue weighted by atomic mass is 10.2. The number of nitrogens with zero attached hydrogens (tertiary/aromatic N) is 3. The van der Waals surface area contributed by atoms with Crippen molar-refractivity contribution in [3.63, 3.8) is 0 Å². The highest BCUT2D eigenvalue weighted by Crippen LogP contribution is 2.29. The van der Waals surface area contributed by atoms with Gasteiger partial charge in [-0.3, -0.25) is 14.6 Å². The summed E-state index contributed by atoms with van der Waals surface area (Å²) in [5.41, 5.74) is 0.0802. The number of morpholine rings is 1. The Morgan fingerprint density at radius 1 is 1.21 bits per heavy atom. The normalized spacial score (nSPS) is 16.3. The second-order valence-corrected chi connectivity index (χ2v) is 8.14. The summed E-state index contributed by atoms with van der Waals surface area (Å²) in [6.45, 7) is 1.47. The van der Waals surface area contributed by atoms with Gasteiger partial charge in [-0.05, 0) is 23.8 Å². The molecule has 178 valence electrons. The van der Waals surface area contributed by atoms with E-state index in [1.807, 2.05) is 12.1 Å². The average Bonchev–Trinajstić information content (AvgIpc) is 2.82. The first-order chi connectivity index (χ1) is 15.8. The molecule has 1 unspecified atom stereocenters. The number of carbonyl (C=O) groups is 2. The van der Waals surface area contributed by atoms with Crippen molar-refractivity contribution < 1.29 is 32.2 Å². The number of amides is 2. The smallest absolute Gasteiger partial charge is 0.417 e. The molecule has 1 atom stereocenters. The van der Waals surface area contributed by atoms with E-state index in [1.54, 1.807) is 17.3 Å². The third-order valence-corrected chi connectivity index (χ3v) is 5.59. The number of thioether (sulfide) groups is 1. The Kier molecular flexibility index (Phi) is 8.89. The van der Waals surface area contributed by atoms with Crippen LogP contribution in [0, 0.1) is 0 Å². The zero-order chi connectivity index (χ0) is 23.7. The van der Waals surface area contributed by atoms with E-state index in [0.717, 1.165) is 17.7 Å². The molecule has 3 rings (SSSR count). The molecule has 0 saturated carbocycles. The molecule has 2 aromatic rings. The SMILES string of the molecule is O=C(CSCC(=O)N1CCOC(COc2ccc(C(F)(F)F)cn2)C1)NCc1ccncc1. The van der Waals surface area contributed by atoms with E-state index in [4.69, 9.17) is 9.47 Å². The average molecular weight is 485 g/mol. The van der Waals surface area contributed by atoms with Gasteiger partial charge < -0.3 is 19.7 Å². The molecule has 12 heteroatoms. The van der Waals surface area contributed by atoms with Crippen molar-refractivity contribution in [3.8, 4) is 5.88 Å². The van der Waals surface area contributed by atoms with Crippen LogP contribution in [0.15, 0.2) is 42.9 Å². The minimum Gasteiger partial charge on any atom is -0.475 e. The molecule has 0 aromatic carbocycles. The van der Waals surface area contributed by atoms with E-state index in [1.165, 1.54) is 11.8 Å². The number of alkyl halides is 3. The topological polar surface area (TPSA) is 93.7 Å². The third kappa shape index (κ3) is 8.21. The van der Waals surface area contributed by atoms with Gasteiger partial charge >= 0.3 is 6.18 Å². The summed E-state index contributed by atoms with van der Waals surface area (Å²) < 4.78 is 48.8. The van der Waals surface area contributed by atoms with Crippen molar-refractivity contribution in [1.29, 1.82) is 0 Å². The fraction of sp³-hybridized carbons (Fsp3) is 0.429. The number of pyridine rings is 2. The van der Waals surface area contributed by atoms with E-state index in [0.29, 0.717) is 25.9 Å². The lowest BCUT2D eigenvalue weighted by Gasteiger charge is -2.32. The molecular weight excluding hydrogens is 461 g/mol. The molecule has 2 amide bonds. The van der Waals surface area contributed by atoms with E-state index in [-0.39, 0.29) is 42.4 Å². The fourth-order valence-electron chi connectivity index (χ4n) is 2.93. The summed E-state index contributed by atoms with van der Waals surface area (Å²) in [4.78, 5) is 33.6. The Balaban J connectivity index is 1.35. The molecule has 33 heavy (non-hydrogen) atoms. The van der Waals surface area contributed by atoms with Gasteiger partial charge in [0.25, 0.3) is 0 Å². The number of carbonyl (C=O) groups excluding carboxylic acids is 2. The van der Waals surface area contributed by atoms with Crippen LogP contribution in [-0.4, -0.2) is 70.6 Å². The van der Waals surface area contributed by atoms with Crippen molar-refractivity contribution >= 4 is 23.6 Å². The van der Waals surface area contributed by atoms with Crippen molar-refractivity contribution in [2.45, 2.75) is 18.8 Å². The van der Waals surface area contributed by atoms with E-state index in [9.17, 15) is 22.8 Å². The Bertz CT molecular complexity index is 916. The minimum atomic E-state index is -4.46. The molecular formula is C21H23F3N4O4S. The Hall–Kier alpha value is -2.86. The monoisotopic (exact) mass is 484 g/mol. The zero-order valence-corrected chi connectivity index (χ0v) is 18.4. The standard InChI is InChI=1S/C21H23F3N4O4S/c22-21(23,24)16-1-2-19(27-10-16)32-12-17-11-28(7-8-31-17)20(30)14-33-13-18(29)26-9-15-3-5-25-6-4-15/h1-6,10,17H,7-9,11-14H2,(H,26,29). The van der Waals surface area contributed by atoms with Gasteiger partial charge in [0, 0.05) is 37.7 Å². The van der Waals surface area contributed by atoms with Crippen LogP contribution in [0.1, 0.15) is 11.1 Å². The van der Waals surface area contributed by atoms with Gasteiger partial charge in [-0.2, -0.15) is 13.2 Å². The zero-order valence-electron chi connectivity index (χ0n) is 17.6. The van der Waals surface area contributed by atoms with Gasteiger partial charge in [0.1, 0.15) is 12.7 Å². The minimum absolute atomic E-state index is 0.0448. The molecule has 8 nitrogen and oxygen atoms in total. The maximum absolute atomic E-state index is 12.6. The maximum atomic E-state index is 12.6. The largest absolute Gasteiger partial charge is 0.475 e. The number of ether oxygens (including phenoxy) is 2. The number of aromatic nitrogens is 2. The van der Waals surface area contributed by atoms with E-state index < -0.39 is 17.8 Å². The molecule has 0 radical (unpaired) electrons. The summed E-state index contributed by atoms with van der Waals surface area (Å²) in [7, 11) is 0. The number of hydrogen-bond donors (Lipinski definition) is 1. The molecule has 2 aromatic heterocycles. The van der Waals surface area contributed by atoms with Gasteiger partial charge in [-0.15, -0.1) is 11.8 Å². The summed E-state index contributed by atoms with van der Waals surface area (Å²) in [5, 5.41) is 2.79. The quantitative estimate of drug-likeness (QED) is 0.583. The third-order valence-electron chi connectivity index (χ3n) is 4.67. The molecule has 1 N–H and O–H groups in total. The lowest BCUT2D eigenvalue weighted by molar-refractivity contribution is -0.138. The Morgan fingerprint density at radius 3 is 2.70 bits per heavy atom. The van der Waals surface area contributed by atoms with Crippen LogP contribution < -0.4 is 10.1 Å². The molecule has 0 aliphatic carbocycles. The van der Waals surface area contributed by atoms with Gasteiger partial charge in [0.05, 0.1) is 30.2 Å². The van der Waals surface area contributed by atoms with Crippen LogP contribution in [0.3, 0.4) is 0 Å². The molecule has 0 bridgehead atoms. The maximum Gasteiger partial charge on any atom is 0.417 e. The second-order valence-electron chi connectivity index (χ2n) is 7.15. The fourth-order valence-corrected chi connectivity index (χ4v) is 3.68. The summed E-state index contributed by atoms with van der Waals surface area (Å²) in [5.74, 6) is 0.0671. The van der Waals surface area contributed by atoms with Crippen LogP contribution in [0.5, 0.6) is 5.88 Å². The predicted molar refractivity (Wildman–Crippen MR) is 114 cm³/mol. The first kappa shape index (κ1) is 24.8. The Labute approximate surface area is 192 Å². The summed E-state index contributed by atoms with van der Waals surface area (Å²) >= 11 is 1.22. The number of rotatable bonds is 9. The van der Waals surface area contributed by atoms with E-state index in [2.05, 4.69) is 15.3 Å². The Morgan fingerprint density at radius 2 is 2.00 bits per heavy atom. The van der Waals surface area contributed by atoms with Crippen molar-refractivity contribution in [2.24, 2.45) is 0 Å². The molecule has 1 aliphatic rings. The highest BCUT2D eigenvalue weighted by Gasteiger charge is 2.31. The van der Waals surface area contributed by atoms with E-state index >= 15 is 0 Å². The molecule has 0 spiro atoms. The van der Waals surface area contributed by atoms with Crippen molar-refractivity contribution in [2.75, 3.05) is 37.8 Å². The van der Waals surface area contributed by atoms with Gasteiger partial charge in [0.2, 0.25) is 17.7 Å². The summed E-state index contributed by atoms with van der Waals surface area (Å²) in [6, 6.07) is 5.65. The van der Waals surface area contributed by atoms with Gasteiger partial charge in [0.15, 0.2) is 0 Å². The molecule has 1 aliphatic heterocycles. The van der Waals surface area contributed by atoms with Crippen molar-refractivity contribution in [3.05, 3.63) is 54.0 Å². The number of nitrogens with one attached hydrogen (secondary N) is 1. The molecule has 3 heterocycles. The number of hydrogen-bond acceptors (Lipinski definition) is 7. The van der Waals surface area contributed by atoms with Crippen LogP contribution in [0.2, 0.25) is 0 Å². The highest BCUT2D eigenvalue weighted by atomic mass is 32.2. The van der Waals surface area contributed by atoms with Crippen LogP contribution in [-0.2, 0) is 27.0 Å². The number of halogens is 3. The van der Waals surface area contributed by atoms with Crippen LogP contribution in [0.4, 0.5) is 13.2 Å². The van der Waals surface area contributed by atoms with Crippen molar-refractivity contribution in [1.82, 2.24) is 20.2 Å². The van der Waals surface area contributed by atoms with Gasteiger partial charge in [-0.1, -0.05) is 0 Å². The first-order valence-electron chi connectivity index (χ1n) is 10.1. The predicted octanol–water partition coefficient (Wildman–Crippen LogP) is 2.15. The van der Waals surface area contributed by atoms with Crippen LogP contribution >= 0.6 is 11.8 Å². The highest BCUT2D eigenvalue weighted by molar-refractivity contribution is 8.00. The van der Waals surface area contributed by atoms with Gasteiger partial charge in [-0.25, -0.2) is 4.98 Å². The lowest BCUT2D eigenvalue weighted by Crippen LogP contribution is -2.48. The molecule has 1 fully saturated rings. The van der Waals surface area contributed by atoms with Crippen LogP contribution in [0.25, 0.3) is 0 Å². The second kappa shape index (κ2) is 11.8.